The van der Waals surface area contributed by atoms with Gasteiger partial charge in [-0.25, -0.2) is 0 Å². The van der Waals surface area contributed by atoms with Gasteiger partial charge >= 0.3 is 0 Å². The molecule has 0 heterocycles. The molecule has 4 heteroatoms. The number of halogens is 1. The lowest BCUT2D eigenvalue weighted by molar-refractivity contribution is -0.0601. The topological polar surface area (TPSA) is 47.3 Å². The van der Waals surface area contributed by atoms with Crippen molar-refractivity contribution in [2.75, 3.05) is 24.7 Å². The van der Waals surface area contributed by atoms with Gasteiger partial charge in [-0.05, 0) is 37.5 Å². The first-order valence-electron chi connectivity index (χ1n) is 5.49. The van der Waals surface area contributed by atoms with Crippen LogP contribution in [0.25, 0.3) is 0 Å². The maximum Gasteiger partial charge on any atom is 0.0850 e. The van der Waals surface area contributed by atoms with Crippen molar-refractivity contribution < 1.29 is 4.74 Å². The molecule has 1 aromatic carbocycles. The molecule has 0 amide bonds. The van der Waals surface area contributed by atoms with Gasteiger partial charge in [-0.3, -0.25) is 0 Å². The minimum Gasteiger partial charge on any atom is -0.397 e. The fourth-order valence-corrected chi connectivity index (χ4v) is 2.32. The maximum absolute atomic E-state index is 5.90. The number of nitrogens with two attached hydrogens (primary N) is 1. The molecule has 0 unspecified atom stereocenters. The highest BCUT2D eigenvalue weighted by Crippen LogP contribution is 2.35. The molecular weight excluding hydrogens is 268 g/mol. The summed E-state index contributed by atoms with van der Waals surface area (Å²) in [5.74, 6) is 0. The summed E-state index contributed by atoms with van der Waals surface area (Å²) in [7, 11) is 1.78. The van der Waals surface area contributed by atoms with Crippen molar-refractivity contribution in [3.05, 3.63) is 22.7 Å². The van der Waals surface area contributed by atoms with E-state index in [1.807, 2.05) is 18.2 Å². The van der Waals surface area contributed by atoms with Crippen molar-refractivity contribution in [3.8, 4) is 0 Å². The summed E-state index contributed by atoms with van der Waals surface area (Å²) in [6, 6.07) is 5.83. The smallest absolute Gasteiger partial charge is 0.0850 e. The molecule has 3 nitrogen and oxygen atoms in total. The molecule has 88 valence electrons. The Hall–Kier alpha value is -0.740. The molecule has 1 saturated carbocycles. The first-order chi connectivity index (χ1) is 7.65. The summed E-state index contributed by atoms with van der Waals surface area (Å²) < 4.78 is 6.58. The highest BCUT2D eigenvalue weighted by atomic mass is 79.9. The van der Waals surface area contributed by atoms with E-state index in [4.69, 9.17) is 10.5 Å². The molecule has 2 rings (SSSR count). The van der Waals surface area contributed by atoms with Crippen molar-refractivity contribution in [2.45, 2.75) is 24.9 Å². The van der Waals surface area contributed by atoms with Crippen LogP contribution in [0.4, 0.5) is 11.4 Å². The molecule has 0 aliphatic heterocycles. The second-order valence-corrected chi connectivity index (χ2v) is 5.24. The molecule has 1 aromatic rings. The summed E-state index contributed by atoms with van der Waals surface area (Å²) >= 11 is 3.44. The van der Waals surface area contributed by atoms with Crippen molar-refractivity contribution in [1.29, 1.82) is 0 Å². The number of rotatable bonds is 4. The lowest BCUT2D eigenvalue weighted by Gasteiger charge is -2.40. The van der Waals surface area contributed by atoms with E-state index in [9.17, 15) is 0 Å². The van der Waals surface area contributed by atoms with Gasteiger partial charge < -0.3 is 15.8 Å². The molecular formula is C12H17BrN2O. The van der Waals surface area contributed by atoms with Crippen LogP contribution < -0.4 is 11.1 Å². The Morgan fingerprint density at radius 1 is 1.50 bits per heavy atom. The number of nitrogen functional groups attached to an aromatic ring is 1. The van der Waals surface area contributed by atoms with E-state index in [-0.39, 0.29) is 5.60 Å². The zero-order chi connectivity index (χ0) is 11.6. The van der Waals surface area contributed by atoms with Gasteiger partial charge in [-0.15, -0.1) is 0 Å². The number of anilines is 2. The van der Waals surface area contributed by atoms with Gasteiger partial charge in [0.1, 0.15) is 0 Å². The highest BCUT2D eigenvalue weighted by molar-refractivity contribution is 9.10. The molecule has 3 N–H and O–H groups in total. The van der Waals surface area contributed by atoms with E-state index in [2.05, 4.69) is 21.2 Å². The zero-order valence-electron chi connectivity index (χ0n) is 9.42. The van der Waals surface area contributed by atoms with Crippen LogP contribution in [-0.2, 0) is 4.74 Å². The number of hydrogen-bond donors (Lipinski definition) is 2. The summed E-state index contributed by atoms with van der Waals surface area (Å²) in [6.45, 7) is 0.824. The molecule has 16 heavy (non-hydrogen) atoms. The number of nitrogens with one attached hydrogen (secondary N) is 1. The number of benzene rings is 1. The van der Waals surface area contributed by atoms with Crippen molar-refractivity contribution in [1.82, 2.24) is 0 Å². The van der Waals surface area contributed by atoms with Gasteiger partial charge in [0, 0.05) is 18.1 Å². The van der Waals surface area contributed by atoms with Crippen LogP contribution in [0.15, 0.2) is 22.7 Å². The standard InChI is InChI=1S/C12H17BrN2O/c1-16-12(5-2-6-12)8-15-11-7-9(13)3-4-10(11)14/h3-4,7,15H,2,5-6,8,14H2,1H3. The third kappa shape index (κ3) is 2.33. The minimum absolute atomic E-state index is 0.0226. The van der Waals surface area contributed by atoms with Crippen molar-refractivity contribution in [2.24, 2.45) is 0 Å². The van der Waals surface area contributed by atoms with E-state index in [1.165, 1.54) is 6.42 Å². The SMILES string of the molecule is COC1(CNc2cc(Br)ccc2N)CCC1. The lowest BCUT2D eigenvalue weighted by atomic mass is 9.80. The fraction of sp³-hybridized carbons (Fsp3) is 0.500. The third-order valence-corrected chi connectivity index (χ3v) is 3.81. The normalized spacial score (nSPS) is 17.9. The van der Waals surface area contributed by atoms with Crippen LogP contribution >= 0.6 is 15.9 Å². The van der Waals surface area contributed by atoms with Gasteiger partial charge in [0.2, 0.25) is 0 Å². The monoisotopic (exact) mass is 284 g/mol. The maximum atomic E-state index is 5.90. The average molecular weight is 285 g/mol. The van der Waals surface area contributed by atoms with Gasteiger partial charge in [-0.2, -0.15) is 0 Å². The van der Waals surface area contributed by atoms with Crippen LogP contribution in [0.3, 0.4) is 0 Å². The summed E-state index contributed by atoms with van der Waals surface area (Å²) in [6.07, 6.45) is 3.51. The minimum atomic E-state index is 0.0226. The van der Waals surface area contributed by atoms with Gasteiger partial charge in [0.15, 0.2) is 0 Å². The Bertz CT molecular complexity index is 372. The number of ether oxygens (including phenoxy) is 1. The van der Waals surface area contributed by atoms with Gasteiger partial charge in [0.25, 0.3) is 0 Å². The molecule has 0 aromatic heterocycles. The second kappa shape index (κ2) is 4.63. The molecule has 1 aliphatic rings. The first-order valence-corrected chi connectivity index (χ1v) is 6.29. The molecule has 1 aliphatic carbocycles. The van der Waals surface area contributed by atoms with E-state index < -0.39 is 0 Å². The average Bonchev–Trinajstić information content (AvgIpc) is 2.22. The van der Waals surface area contributed by atoms with Crippen LogP contribution in [0.1, 0.15) is 19.3 Å². The molecule has 0 atom stereocenters. The number of methoxy groups -OCH3 is 1. The van der Waals surface area contributed by atoms with E-state index in [0.29, 0.717) is 0 Å². The first kappa shape index (κ1) is 11.7. The highest BCUT2D eigenvalue weighted by Gasteiger charge is 2.36. The predicted octanol–water partition coefficient (Wildman–Crippen LogP) is 3.01. The third-order valence-electron chi connectivity index (χ3n) is 3.31. The lowest BCUT2D eigenvalue weighted by Crippen LogP contribution is -2.45. The van der Waals surface area contributed by atoms with Crippen LogP contribution in [0.5, 0.6) is 0 Å². The molecule has 0 spiro atoms. The van der Waals surface area contributed by atoms with Crippen LogP contribution in [0.2, 0.25) is 0 Å². The largest absolute Gasteiger partial charge is 0.397 e. The summed E-state index contributed by atoms with van der Waals surface area (Å²) in [4.78, 5) is 0. The Balaban J connectivity index is 2.01. The van der Waals surface area contributed by atoms with Crippen LogP contribution in [-0.4, -0.2) is 19.3 Å². The fourth-order valence-electron chi connectivity index (χ4n) is 1.96. The zero-order valence-corrected chi connectivity index (χ0v) is 11.0. The van der Waals surface area contributed by atoms with Gasteiger partial charge in [0.05, 0.1) is 17.0 Å². The van der Waals surface area contributed by atoms with Crippen molar-refractivity contribution >= 4 is 27.3 Å². The Morgan fingerprint density at radius 3 is 2.81 bits per heavy atom. The van der Waals surface area contributed by atoms with Crippen LogP contribution in [0, 0.1) is 0 Å². The van der Waals surface area contributed by atoms with E-state index >= 15 is 0 Å². The van der Waals surface area contributed by atoms with E-state index in [1.54, 1.807) is 7.11 Å². The quantitative estimate of drug-likeness (QED) is 0.836. The van der Waals surface area contributed by atoms with E-state index in [0.717, 1.165) is 35.2 Å². The molecule has 0 radical (unpaired) electrons. The van der Waals surface area contributed by atoms with Gasteiger partial charge in [-0.1, -0.05) is 15.9 Å². The van der Waals surface area contributed by atoms with Crippen molar-refractivity contribution in [3.63, 3.8) is 0 Å². The summed E-state index contributed by atoms with van der Waals surface area (Å²) in [5, 5.41) is 3.37. The Kier molecular flexibility index (Phi) is 3.40. The Morgan fingerprint density at radius 2 is 2.25 bits per heavy atom. The summed E-state index contributed by atoms with van der Waals surface area (Å²) in [5.41, 5.74) is 7.66. The molecule has 0 bridgehead atoms. The Labute approximate surface area is 104 Å². The molecule has 0 saturated heterocycles. The molecule has 1 fully saturated rings. The second-order valence-electron chi connectivity index (χ2n) is 4.33. The predicted molar refractivity (Wildman–Crippen MR) is 70.6 cm³/mol. The number of hydrogen-bond acceptors (Lipinski definition) is 3.